The minimum Gasteiger partial charge on any atom is -0.490 e. The highest BCUT2D eigenvalue weighted by molar-refractivity contribution is 5.31. The van der Waals surface area contributed by atoms with Crippen molar-refractivity contribution in [3.63, 3.8) is 0 Å². The first-order valence-corrected chi connectivity index (χ1v) is 8.25. The molecule has 3 heteroatoms. The van der Waals surface area contributed by atoms with E-state index in [0.717, 1.165) is 37.0 Å². The Balaban J connectivity index is 1.70. The largest absolute Gasteiger partial charge is 0.490 e. The number of aliphatic hydroxyl groups is 1. The number of methoxy groups -OCH3 is 1. The fraction of sp³-hybridized carbons (Fsp3) is 0.667. The van der Waals surface area contributed by atoms with Crippen LogP contribution >= 0.6 is 0 Å². The third-order valence-electron chi connectivity index (χ3n) is 4.72. The van der Waals surface area contributed by atoms with E-state index in [1.807, 2.05) is 24.3 Å². The van der Waals surface area contributed by atoms with Crippen molar-refractivity contribution in [2.45, 2.75) is 63.3 Å². The smallest absolute Gasteiger partial charge is 0.120 e. The van der Waals surface area contributed by atoms with E-state index in [2.05, 4.69) is 0 Å². The molecule has 2 aliphatic rings. The summed E-state index contributed by atoms with van der Waals surface area (Å²) in [6.45, 7) is 0. The zero-order valence-corrected chi connectivity index (χ0v) is 12.8. The van der Waals surface area contributed by atoms with Gasteiger partial charge < -0.3 is 14.6 Å². The molecule has 0 radical (unpaired) electrons. The third kappa shape index (κ3) is 3.78. The Kier molecular flexibility index (Phi) is 4.81. The van der Waals surface area contributed by atoms with Crippen molar-refractivity contribution in [2.24, 2.45) is 5.92 Å². The molecular formula is C18H26O3. The predicted octanol–water partition coefficient (Wildman–Crippen LogP) is 3.86. The topological polar surface area (TPSA) is 38.7 Å². The van der Waals surface area contributed by atoms with Crippen LogP contribution in [0.3, 0.4) is 0 Å². The maximum Gasteiger partial charge on any atom is 0.120 e. The summed E-state index contributed by atoms with van der Waals surface area (Å²) >= 11 is 0. The van der Waals surface area contributed by atoms with Gasteiger partial charge >= 0.3 is 0 Å². The van der Waals surface area contributed by atoms with Crippen LogP contribution in [0.25, 0.3) is 0 Å². The fourth-order valence-electron chi connectivity index (χ4n) is 3.38. The molecule has 1 N–H and O–H groups in total. The Morgan fingerprint density at radius 3 is 2.52 bits per heavy atom. The van der Waals surface area contributed by atoms with Gasteiger partial charge in [-0.2, -0.15) is 0 Å². The maximum absolute atomic E-state index is 10.7. The third-order valence-corrected chi connectivity index (χ3v) is 4.72. The highest BCUT2D eigenvalue weighted by atomic mass is 16.5. The molecule has 2 saturated carbocycles. The van der Waals surface area contributed by atoms with Crippen LogP contribution in [-0.2, 0) is 4.74 Å². The predicted molar refractivity (Wildman–Crippen MR) is 82.4 cm³/mol. The van der Waals surface area contributed by atoms with Gasteiger partial charge in [-0.25, -0.2) is 0 Å². The standard InChI is InChI=1S/C18H26O3/c1-20-18(13-6-3-2-4-7-13)17(19)14-8-5-9-16(12-14)21-15-10-11-15/h5,8-9,12-13,15,17-19H,2-4,6-7,10-11H2,1H3. The monoisotopic (exact) mass is 290 g/mol. The van der Waals surface area contributed by atoms with E-state index >= 15 is 0 Å². The van der Waals surface area contributed by atoms with E-state index in [4.69, 9.17) is 9.47 Å². The molecule has 0 aliphatic heterocycles. The molecule has 0 amide bonds. The SMILES string of the molecule is COC(C1CCCCC1)C(O)c1cccc(OC2CC2)c1. The summed E-state index contributed by atoms with van der Waals surface area (Å²) in [5.41, 5.74) is 0.908. The van der Waals surface area contributed by atoms with Crippen LogP contribution in [0.1, 0.15) is 56.6 Å². The average molecular weight is 290 g/mol. The highest BCUT2D eigenvalue weighted by Gasteiger charge is 2.31. The van der Waals surface area contributed by atoms with E-state index < -0.39 is 6.10 Å². The molecular weight excluding hydrogens is 264 g/mol. The molecule has 116 valence electrons. The molecule has 0 spiro atoms. The molecule has 1 aromatic rings. The first-order valence-electron chi connectivity index (χ1n) is 8.25. The summed E-state index contributed by atoms with van der Waals surface area (Å²) in [6, 6.07) is 7.87. The molecule has 2 unspecified atom stereocenters. The second kappa shape index (κ2) is 6.80. The molecule has 0 aromatic heterocycles. The van der Waals surface area contributed by atoms with Crippen LogP contribution in [-0.4, -0.2) is 24.4 Å². The molecule has 3 rings (SSSR count). The molecule has 2 fully saturated rings. The average Bonchev–Trinajstić information content (AvgIpc) is 3.33. The summed E-state index contributed by atoms with van der Waals surface area (Å²) in [6.07, 6.45) is 8.14. The Hall–Kier alpha value is -1.06. The van der Waals surface area contributed by atoms with Gasteiger partial charge in [0.15, 0.2) is 0 Å². The summed E-state index contributed by atoms with van der Waals surface area (Å²) in [4.78, 5) is 0. The van der Waals surface area contributed by atoms with Crippen LogP contribution in [0.2, 0.25) is 0 Å². The molecule has 0 saturated heterocycles. The minimum absolute atomic E-state index is 0.110. The van der Waals surface area contributed by atoms with Crippen molar-refractivity contribution in [3.8, 4) is 5.75 Å². The number of aliphatic hydroxyl groups excluding tert-OH is 1. The summed E-state index contributed by atoms with van der Waals surface area (Å²) in [5, 5.41) is 10.7. The van der Waals surface area contributed by atoms with Crippen molar-refractivity contribution in [1.82, 2.24) is 0 Å². The van der Waals surface area contributed by atoms with Gasteiger partial charge in [-0.05, 0) is 49.3 Å². The summed E-state index contributed by atoms with van der Waals surface area (Å²) in [5.74, 6) is 1.33. The maximum atomic E-state index is 10.7. The zero-order chi connectivity index (χ0) is 14.7. The number of ether oxygens (including phenoxy) is 2. The van der Waals surface area contributed by atoms with Gasteiger partial charge in [-0.3, -0.25) is 0 Å². The van der Waals surface area contributed by atoms with E-state index in [1.54, 1.807) is 7.11 Å². The zero-order valence-electron chi connectivity index (χ0n) is 12.8. The molecule has 3 nitrogen and oxygen atoms in total. The normalized spacial score (nSPS) is 22.8. The molecule has 2 atom stereocenters. The Morgan fingerprint density at radius 1 is 1.10 bits per heavy atom. The minimum atomic E-state index is -0.569. The van der Waals surface area contributed by atoms with E-state index in [9.17, 15) is 5.11 Å². The lowest BCUT2D eigenvalue weighted by atomic mass is 9.82. The van der Waals surface area contributed by atoms with Gasteiger partial charge in [-0.15, -0.1) is 0 Å². The lowest BCUT2D eigenvalue weighted by Gasteiger charge is -2.32. The Bertz CT molecular complexity index is 450. The van der Waals surface area contributed by atoms with Gasteiger partial charge in [0.25, 0.3) is 0 Å². The van der Waals surface area contributed by atoms with Gasteiger partial charge in [-0.1, -0.05) is 31.4 Å². The van der Waals surface area contributed by atoms with Crippen molar-refractivity contribution >= 4 is 0 Å². The lowest BCUT2D eigenvalue weighted by molar-refractivity contribution is -0.0559. The van der Waals surface area contributed by atoms with E-state index in [1.165, 1.54) is 19.3 Å². The second-order valence-electron chi connectivity index (χ2n) is 6.43. The molecule has 0 bridgehead atoms. The van der Waals surface area contributed by atoms with Crippen molar-refractivity contribution in [1.29, 1.82) is 0 Å². The summed E-state index contributed by atoms with van der Waals surface area (Å²) in [7, 11) is 1.72. The van der Waals surface area contributed by atoms with Gasteiger partial charge in [0.2, 0.25) is 0 Å². The van der Waals surface area contributed by atoms with Crippen LogP contribution in [0, 0.1) is 5.92 Å². The van der Waals surface area contributed by atoms with Gasteiger partial charge in [0.05, 0.1) is 12.2 Å². The molecule has 21 heavy (non-hydrogen) atoms. The molecule has 1 aromatic carbocycles. The Labute approximate surface area is 127 Å². The quantitative estimate of drug-likeness (QED) is 0.864. The summed E-state index contributed by atoms with van der Waals surface area (Å²) < 4.78 is 11.5. The number of hydrogen-bond donors (Lipinski definition) is 1. The number of hydrogen-bond acceptors (Lipinski definition) is 3. The fourth-order valence-corrected chi connectivity index (χ4v) is 3.38. The van der Waals surface area contributed by atoms with Gasteiger partial charge in [0.1, 0.15) is 11.9 Å². The number of rotatable bonds is 6. The van der Waals surface area contributed by atoms with E-state index in [0.29, 0.717) is 12.0 Å². The van der Waals surface area contributed by atoms with Gasteiger partial charge in [0, 0.05) is 7.11 Å². The van der Waals surface area contributed by atoms with Crippen LogP contribution in [0.4, 0.5) is 0 Å². The second-order valence-corrected chi connectivity index (χ2v) is 6.43. The molecule has 0 heterocycles. The Morgan fingerprint density at radius 2 is 1.86 bits per heavy atom. The van der Waals surface area contributed by atoms with Crippen LogP contribution < -0.4 is 4.74 Å². The van der Waals surface area contributed by atoms with Crippen LogP contribution in [0.5, 0.6) is 5.75 Å². The van der Waals surface area contributed by atoms with Crippen molar-refractivity contribution in [2.75, 3.05) is 7.11 Å². The number of benzene rings is 1. The highest BCUT2D eigenvalue weighted by Crippen LogP contribution is 2.35. The van der Waals surface area contributed by atoms with Crippen LogP contribution in [0.15, 0.2) is 24.3 Å². The first kappa shape index (κ1) is 14.9. The van der Waals surface area contributed by atoms with E-state index in [-0.39, 0.29) is 6.10 Å². The van der Waals surface area contributed by atoms with Crippen molar-refractivity contribution < 1.29 is 14.6 Å². The first-order chi connectivity index (χ1) is 10.3. The lowest BCUT2D eigenvalue weighted by Crippen LogP contribution is -2.31. The molecule has 2 aliphatic carbocycles. The van der Waals surface area contributed by atoms with Crippen molar-refractivity contribution in [3.05, 3.63) is 29.8 Å².